The maximum Gasteiger partial charge on any atom is 0.232 e. The van der Waals surface area contributed by atoms with Gasteiger partial charge in [-0.15, -0.1) is 24.0 Å². The Hall–Kier alpha value is -0.860. The van der Waals surface area contributed by atoms with E-state index in [1.165, 1.54) is 12.8 Å². The van der Waals surface area contributed by atoms with E-state index in [2.05, 4.69) is 32.7 Å². The van der Waals surface area contributed by atoms with Gasteiger partial charge in [0.15, 0.2) is 11.8 Å². The van der Waals surface area contributed by atoms with Gasteiger partial charge in [-0.25, -0.2) is 0 Å². The maximum atomic E-state index is 5.25. The van der Waals surface area contributed by atoms with Crippen LogP contribution in [0.15, 0.2) is 9.52 Å². The molecular weight excluding hydrogens is 381 g/mol. The summed E-state index contributed by atoms with van der Waals surface area (Å²) in [6.07, 6.45) is 3.59. The average Bonchev–Trinajstić information content (AvgIpc) is 2.87. The van der Waals surface area contributed by atoms with Gasteiger partial charge < -0.3 is 15.2 Å². The second-order valence-corrected chi connectivity index (χ2v) is 5.83. The second-order valence-electron chi connectivity index (χ2n) is 5.83. The largest absolute Gasteiger partial charge is 0.356 e. The van der Waals surface area contributed by atoms with E-state index in [0.717, 1.165) is 18.9 Å². The van der Waals surface area contributed by atoms with Crippen LogP contribution < -0.4 is 10.6 Å². The summed E-state index contributed by atoms with van der Waals surface area (Å²) in [5, 5.41) is 10.4. The Labute approximate surface area is 144 Å². The zero-order valence-electron chi connectivity index (χ0n) is 13.7. The zero-order valence-corrected chi connectivity index (χ0v) is 16.0. The predicted molar refractivity (Wildman–Crippen MR) is 96.1 cm³/mol. The number of nitrogens with zero attached hydrogens (tertiary/aromatic N) is 3. The normalized spacial score (nSPS) is 12.0. The zero-order chi connectivity index (χ0) is 15.0. The molecule has 0 aliphatic rings. The van der Waals surface area contributed by atoms with E-state index in [4.69, 9.17) is 4.52 Å². The van der Waals surface area contributed by atoms with Crippen LogP contribution >= 0.6 is 24.0 Å². The first-order chi connectivity index (χ1) is 9.47. The SMILES string of the molecule is CCCCCNC(=NC)NCc1noc(C(C)(C)C)n1.I. The molecule has 2 N–H and O–H groups in total. The third-order valence-electron chi connectivity index (χ3n) is 2.82. The number of unbranched alkanes of at least 4 members (excludes halogenated alkanes) is 2. The molecule has 0 unspecified atom stereocenters. The first kappa shape index (κ1) is 20.1. The highest BCUT2D eigenvalue weighted by molar-refractivity contribution is 14.0. The van der Waals surface area contributed by atoms with E-state index >= 15 is 0 Å². The molecular formula is C14H28IN5O. The fraction of sp³-hybridized carbons (Fsp3) is 0.786. The molecule has 0 fully saturated rings. The van der Waals surface area contributed by atoms with Gasteiger partial charge in [0.05, 0.1) is 6.54 Å². The molecule has 0 atom stereocenters. The molecule has 21 heavy (non-hydrogen) atoms. The van der Waals surface area contributed by atoms with Crippen molar-refractivity contribution in [1.29, 1.82) is 0 Å². The lowest BCUT2D eigenvalue weighted by Crippen LogP contribution is -2.37. The molecule has 122 valence electrons. The molecule has 6 nitrogen and oxygen atoms in total. The summed E-state index contributed by atoms with van der Waals surface area (Å²) in [5.41, 5.74) is -0.120. The molecule has 0 saturated heterocycles. The van der Waals surface area contributed by atoms with Gasteiger partial charge in [0.2, 0.25) is 5.89 Å². The van der Waals surface area contributed by atoms with Crippen molar-refractivity contribution >= 4 is 29.9 Å². The highest BCUT2D eigenvalue weighted by Crippen LogP contribution is 2.19. The van der Waals surface area contributed by atoms with E-state index in [1.54, 1.807) is 7.05 Å². The smallest absolute Gasteiger partial charge is 0.232 e. The van der Waals surface area contributed by atoms with Crippen molar-refractivity contribution in [3.8, 4) is 0 Å². The van der Waals surface area contributed by atoms with Crippen molar-refractivity contribution < 1.29 is 4.52 Å². The lowest BCUT2D eigenvalue weighted by Gasteiger charge is -2.11. The van der Waals surface area contributed by atoms with E-state index in [9.17, 15) is 0 Å². The summed E-state index contributed by atoms with van der Waals surface area (Å²) >= 11 is 0. The summed E-state index contributed by atoms with van der Waals surface area (Å²) < 4.78 is 5.25. The van der Waals surface area contributed by atoms with Crippen LogP contribution in [0.5, 0.6) is 0 Å². The van der Waals surface area contributed by atoms with Gasteiger partial charge in [-0.2, -0.15) is 4.98 Å². The lowest BCUT2D eigenvalue weighted by molar-refractivity contribution is 0.318. The lowest BCUT2D eigenvalue weighted by atomic mass is 9.97. The number of guanidine groups is 1. The van der Waals surface area contributed by atoms with Gasteiger partial charge in [-0.1, -0.05) is 45.7 Å². The quantitative estimate of drug-likeness (QED) is 0.327. The van der Waals surface area contributed by atoms with Crippen molar-refractivity contribution in [3.05, 3.63) is 11.7 Å². The van der Waals surface area contributed by atoms with Crippen LogP contribution in [0.4, 0.5) is 0 Å². The number of halogens is 1. The number of rotatable bonds is 6. The molecule has 0 amide bonds. The van der Waals surface area contributed by atoms with Crippen LogP contribution in [-0.2, 0) is 12.0 Å². The predicted octanol–water partition coefficient (Wildman–Crippen LogP) is 2.84. The van der Waals surface area contributed by atoms with E-state index in [0.29, 0.717) is 18.3 Å². The topological polar surface area (TPSA) is 75.3 Å². The number of aliphatic imine (C=N–C) groups is 1. The molecule has 0 bridgehead atoms. The molecule has 0 aliphatic carbocycles. The molecule has 1 rings (SSSR count). The van der Waals surface area contributed by atoms with Crippen molar-refractivity contribution in [2.45, 2.75) is 58.9 Å². The molecule has 0 aromatic carbocycles. The molecule has 1 aromatic rings. The van der Waals surface area contributed by atoms with Crippen LogP contribution in [0.1, 0.15) is 58.7 Å². The van der Waals surface area contributed by atoms with Crippen LogP contribution in [0, 0.1) is 0 Å². The summed E-state index contributed by atoms with van der Waals surface area (Å²) in [5.74, 6) is 2.06. The van der Waals surface area contributed by atoms with Crippen LogP contribution in [0.3, 0.4) is 0 Å². The molecule has 0 spiro atoms. The summed E-state index contributed by atoms with van der Waals surface area (Å²) in [6.45, 7) is 9.76. The molecule has 0 radical (unpaired) electrons. The Kier molecular flexibility index (Phi) is 9.56. The van der Waals surface area contributed by atoms with Gasteiger partial charge in [0.1, 0.15) is 0 Å². The fourth-order valence-corrected chi connectivity index (χ4v) is 1.60. The Morgan fingerprint density at radius 3 is 2.48 bits per heavy atom. The Morgan fingerprint density at radius 1 is 1.24 bits per heavy atom. The minimum Gasteiger partial charge on any atom is -0.356 e. The molecule has 0 aliphatic heterocycles. The minimum absolute atomic E-state index is 0. The van der Waals surface area contributed by atoms with Crippen LogP contribution in [-0.4, -0.2) is 29.7 Å². The molecule has 7 heteroatoms. The molecule has 0 saturated carbocycles. The van der Waals surface area contributed by atoms with Crippen LogP contribution in [0.2, 0.25) is 0 Å². The average molecular weight is 409 g/mol. The van der Waals surface area contributed by atoms with Gasteiger partial charge in [-0.05, 0) is 6.42 Å². The van der Waals surface area contributed by atoms with Crippen molar-refractivity contribution in [2.75, 3.05) is 13.6 Å². The highest BCUT2D eigenvalue weighted by Gasteiger charge is 2.21. The van der Waals surface area contributed by atoms with Gasteiger partial charge >= 0.3 is 0 Å². The molecule has 1 aromatic heterocycles. The third kappa shape index (κ3) is 7.63. The maximum absolute atomic E-state index is 5.25. The first-order valence-corrected chi connectivity index (χ1v) is 7.25. The van der Waals surface area contributed by atoms with Crippen molar-refractivity contribution in [2.24, 2.45) is 4.99 Å². The summed E-state index contributed by atoms with van der Waals surface area (Å²) in [7, 11) is 1.76. The minimum atomic E-state index is -0.120. The Morgan fingerprint density at radius 2 is 1.95 bits per heavy atom. The molecule has 1 heterocycles. The fourth-order valence-electron chi connectivity index (χ4n) is 1.60. The Balaban J connectivity index is 0.00000400. The number of nitrogens with one attached hydrogen (secondary N) is 2. The van der Waals surface area contributed by atoms with Crippen LogP contribution in [0.25, 0.3) is 0 Å². The number of aromatic nitrogens is 2. The van der Waals surface area contributed by atoms with E-state index in [-0.39, 0.29) is 29.4 Å². The monoisotopic (exact) mass is 409 g/mol. The van der Waals surface area contributed by atoms with Gasteiger partial charge in [0.25, 0.3) is 0 Å². The van der Waals surface area contributed by atoms with Gasteiger partial charge in [-0.3, -0.25) is 4.99 Å². The number of hydrogen-bond donors (Lipinski definition) is 2. The highest BCUT2D eigenvalue weighted by atomic mass is 127. The summed E-state index contributed by atoms with van der Waals surface area (Å²) in [6, 6.07) is 0. The van der Waals surface area contributed by atoms with E-state index in [1.807, 2.05) is 20.8 Å². The summed E-state index contributed by atoms with van der Waals surface area (Å²) in [4.78, 5) is 8.54. The Bertz CT molecular complexity index is 425. The van der Waals surface area contributed by atoms with E-state index < -0.39 is 0 Å². The standard InChI is InChI=1S/C14H27N5O.HI/c1-6-7-8-9-16-13(15-5)17-10-11-18-12(20-19-11)14(2,3)4;/h6-10H2,1-5H3,(H2,15,16,17);1H. The van der Waals surface area contributed by atoms with Crippen molar-refractivity contribution in [1.82, 2.24) is 20.8 Å². The van der Waals surface area contributed by atoms with Gasteiger partial charge in [0, 0.05) is 19.0 Å². The second kappa shape index (κ2) is 9.97. The first-order valence-electron chi connectivity index (χ1n) is 7.25. The van der Waals surface area contributed by atoms with Crippen molar-refractivity contribution in [3.63, 3.8) is 0 Å². The number of hydrogen-bond acceptors (Lipinski definition) is 4. The third-order valence-corrected chi connectivity index (χ3v) is 2.82.